The van der Waals surface area contributed by atoms with Crippen LogP contribution in [0, 0.1) is 5.82 Å². The van der Waals surface area contributed by atoms with Crippen molar-refractivity contribution < 1.29 is 18.3 Å². The molecule has 2 aromatic rings. The van der Waals surface area contributed by atoms with Crippen LogP contribution in [0.3, 0.4) is 0 Å². The summed E-state index contributed by atoms with van der Waals surface area (Å²) in [6.07, 6.45) is 1.34. The molecular weight excluding hydrogens is 239 g/mol. The van der Waals surface area contributed by atoms with E-state index in [2.05, 4.69) is 0 Å². The van der Waals surface area contributed by atoms with E-state index >= 15 is 0 Å². The SMILES string of the molecule is NNC(=O)c1ccoc1COc1ccccc1F. The van der Waals surface area contributed by atoms with Crippen LogP contribution in [0.1, 0.15) is 16.1 Å². The first-order valence-electron chi connectivity index (χ1n) is 5.17. The predicted octanol–water partition coefficient (Wildman–Crippen LogP) is 1.60. The molecular formula is C12H11FN2O3. The minimum atomic E-state index is -0.490. The van der Waals surface area contributed by atoms with Crippen molar-refractivity contribution in [2.75, 3.05) is 0 Å². The largest absolute Gasteiger partial charge is 0.483 e. The van der Waals surface area contributed by atoms with Crippen LogP contribution >= 0.6 is 0 Å². The Balaban J connectivity index is 2.09. The lowest BCUT2D eigenvalue weighted by atomic mass is 10.2. The molecule has 6 heteroatoms. The van der Waals surface area contributed by atoms with E-state index in [1.807, 2.05) is 5.43 Å². The molecule has 0 saturated heterocycles. The Bertz CT molecular complexity index is 554. The summed E-state index contributed by atoms with van der Waals surface area (Å²) in [7, 11) is 0. The Morgan fingerprint density at radius 3 is 2.89 bits per heavy atom. The molecule has 0 aliphatic rings. The topological polar surface area (TPSA) is 77.5 Å². The molecule has 1 aromatic carbocycles. The second-order valence-electron chi connectivity index (χ2n) is 3.45. The van der Waals surface area contributed by atoms with Gasteiger partial charge in [0.05, 0.1) is 11.8 Å². The van der Waals surface area contributed by atoms with Crippen LogP contribution in [0.15, 0.2) is 41.0 Å². The highest BCUT2D eigenvalue weighted by molar-refractivity contribution is 5.94. The van der Waals surface area contributed by atoms with Gasteiger partial charge in [-0.2, -0.15) is 0 Å². The van der Waals surface area contributed by atoms with E-state index in [0.29, 0.717) is 0 Å². The fourth-order valence-corrected chi connectivity index (χ4v) is 1.44. The number of carbonyl (C=O) groups is 1. The number of nitrogen functional groups attached to an aromatic ring is 1. The summed E-state index contributed by atoms with van der Waals surface area (Å²) in [6, 6.07) is 7.44. The first kappa shape index (κ1) is 12.1. The maximum atomic E-state index is 13.3. The zero-order valence-electron chi connectivity index (χ0n) is 9.35. The molecule has 0 spiro atoms. The number of rotatable bonds is 4. The van der Waals surface area contributed by atoms with Gasteiger partial charge in [-0.15, -0.1) is 0 Å². The van der Waals surface area contributed by atoms with Crippen molar-refractivity contribution in [3.63, 3.8) is 0 Å². The third-order valence-corrected chi connectivity index (χ3v) is 2.32. The van der Waals surface area contributed by atoms with Crippen LogP contribution < -0.4 is 16.0 Å². The van der Waals surface area contributed by atoms with Crippen molar-refractivity contribution in [3.05, 3.63) is 53.7 Å². The Morgan fingerprint density at radius 2 is 2.17 bits per heavy atom. The second kappa shape index (κ2) is 5.33. The molecule has 0 radical (unpaired) electrons. The number of para-hydroxylation sites is 1. The van der Waals surface area contributed by atoms with Crippen molar-refractivity contribution in [1.29, 1.82) is 0 Å². The van der Waals surface area contributed by atoms with Gasteiger partial charge < -0.3 is 9.15 Å². The molecule has 18 heavy (non-hydrogen) atoms. The predicted molar refractivity (Wildman–Crippen MR) is 61.1 cm³/mol. The van der Waals surface area contributed by atoms with Crippen LogP contribution in [-0.2, 0) is 6.61 Å². The number of amides is 1. The zero-order chi connectivity index (χ0) is 13.0. The molecule has 0 fully saturated rings. The summed E-state index contributed by atoms with van der Waals surface area (Å²) in [5, 5.41) is 0. The van der Waals surface area contributed by atoms with E-state index < -0.39 is 11.7 Å². The molecule has 3 N–H and O–H groups in total. The highest BCUT2D eigenvalue weighted by Gasteiger charge is 2.14. The quantitative estimate of drug-likeness (QED) is 0.491. The van der Waals surface area contributed by atoms with Crippen molar-refractivity contribution in [3.8, 4) is 5.75 Å². The molecule has 0 aliphatic heterocycles. The summed E-state index contributed by atoms with van der Waals surface area (Å²) < 4.78 is 23.6. The van der Waals surface area contributed by atoms with E-state index in [0.717, 1.165) is 0 Å². The number of carbonyl (C=O) groups excluding carboxylic acids is 1. The average Bonchev–Trinajstić information content (AvgIpc) is 2.85. The van der Waals surface area contributed by atoms with Gasteiger partial charge in [-0.1, -0.05) is 12.1 Å². The Labute approximate surface area is 102 Å². The lowest BCUT2D eigenvalue weighted by Gasteiger charge is -2.06. The van der Waals surface area contributed by atoms with E-state index in [9.17, 15) is 9.18 Å². The van der Waals surface area contributed by atoms with Crippen LogP contribution in [0.25, 0.3) is 0 Å². The molecule has 2 rings (SSSR count). The molecule has 1 aromatic heterocycles. The fraction of sp³-hybridized carbons (Fsp3) is 0.0833. The van der Waals surface area contributed by atoms with Crippen molar-refractivity contribution in [1.82, 2.24) is 5.43 Å². The maximum Gasteiger partial charge on any atom is 0.268 e. The van der Waals surface area contributed by atoms with Gasteiger partial charge in [-0.3, -0.25) is 10.2 Å². The van der Waals surface area contributed by atoms with Gasteiger partial charge in [0.1, 0.15) is 6.61 Å². The van der Waals surface area contributed by atoms with Crippen LogP contribution in [-0.4, -0.2) is 5.91 Å². The third-order valence-electron chi connectivity index (χ3n) is 2.32. The van der Waals surface area contributed by atoms with Gasteiger partial charge in [0.2, 0.25) is 0 Å². The molecule has 94 valence electrons. The van der Waals surface area contributed by atoms with Crippen LogP contribution in [0.4, 0.5) is 4.39 Å². The van der Waals surface area contributed by atoms with Gasteiger partial charge in [-0.25, -0.2) is 10.2 Å². The summed E-state index contributed by atoms with van der Waals surface area (Å²) in [6.45, 7) is -0.0588. The van der Waals surface area contributed by atoms with Gasteiger partial charge in [0.15, 0.2) is 17.3 Å². The Morgan fingerprint density at radius 1 is 1.39 bits per heavy atom. The number of hydrogen-bond acceptors (Lipinski definition) is 4. The van der Waals surface area contributed by atoms with Crippen molar-refractivity contribution in [2.45, 2.75) is 6.61 Å². The van der Waals surface area contributed by atoms with E-state index in [1.54, 1.807) is 12.1 Å². The van der Waals surface area contributed by atoms with E-state index in [1.165, 1.54) is 24.5 Å². The maximum absolute atomic E-state index is 13.3. The molecule has 0 unspecified atom stereocenters. The number of halogens is 1. The highest BCUT2D eigenvalue weighted by atomic mass is 19.1. The summed E-state index contributed by atoms with van der Waals surface area (Å²) in [5.74, 6) is 4.42. The average molecular weight is 250 g/mol. The van der Waals surface area contributed by atoms with Gasteiger partial charge in [0.25, 0.3) is 5.91 Å². The van der Waals surface area contributed by atoms with Gasteiger partial charge >= 0.3 is 0 Å². The van der Waals surface area contributed by atoms with E-state index in [-0.39, 0.29) is 23.7 Å². The van der Waals surface area contributed by atoms with Gasteiger partial charge in [-0.05, 0) is 18.2 Å². The van der Waals surface area contributed by atoms with Crippen LogP contribution in [0.2, 0.25) is 0 Å². The Hall–Kier alpha value is -2.34. The van der Waals surface area contributed by atoms with E-state index in [4.69, 9.17) is 15.0 Å². The molecule has 0 atom stereocenters. The first-order chi connectivity index (χ1) is 8.72. The first-order valence-corrected chi connectivity index (χ1v) is 5.17. The standard InChI is InChI=1S/C12H11FN2O3/c13-9-3-1-2-4-10(9)18-7-11-8(5-6-17-11)12(16)15-14/h1-6H,7,14H2,(H,15,16). The minimum absolute atomic E-state index is 0.0588. The van der Waals surface area contributed by atoms with Crippen molar-refractivity contribution >= 4 is 5.91 Å². The summed E-state index contributed by atoms with van der Waals surface area (Å²) >= 11 is 0. The number of furan rings is 1. The number of nitrogens with two attached hydrogens (primary N) is 1. The molecule has 0 bridgehead atoms. The molecule has 1 amide bonds. The highest BCUT2D eigenvalue weighted by Crippen LogP contribution is 2.18. The Kier molecular flexibility index (Phi) is 3.59. The molecule has 1 heterocycles. The third kappa shape index (κ3) is 2.49. The van der Waals surface area contributed by atoms with Crippen molar-refractivity contribution in [2.24, 2.45) is 5.84 Å². The second-order valence-corrected chi connectivity index (χ2v) is 3.45. The number of benzene rings is 1. The summed E-state index contributed by atoms with van der Waals surface area (Å²) in [5.41, 5.74) is 2.25. The monoisotopic (exact) mass is 250 g/mol. The number of ether oxygens (including phenoxy) is 1. The lowest BCUT2D eigenvalue weighted by molar-refractivity contribution is 0.0949. The number of hydrogen-bond donors (Lipinski definition) is 2. The molecule has 5 nitrogen and oxygen atoms in total. The zero-order valence-corrected chi connectivity index (χ0v) is 9.35. The fourth-order valence-electron chi connectivity index (χ4n) is 1.44. The number of nitrogens with one attached hydrogen (secondary N) is 1. The molecule has 0 aliphatic carbocycles. The normalized spacial score (nSPS) is 10.1. The molecule has 0 saturated carbocycles. The minimum Gasteiger partial charge on any atom is -0.483 e. The van der Waals surface area contributed by atoms with Crippen LogP contribution in [0.5, 0.6) is 5.75 Å². The smallest absolute Gasteiger partial charge is 0.268 e. The summed E-state index contributed by atoms with van der Waals surface area (Å²) in [4.78, 5) is 11.3. The number of hydrazine groups is 1. The van der Waals surface area contributed by atoms with Gasteiger partial charge in [0, 0.05) is 0 Å². The lowest BCUT2D eigenvalue weighted by Crippen LogP contribution is -2.30.